The topological polar surface area (TPSA) is 32.3 Å². The van der Waals surface area contributed by atoms with Crippen LogP contribution in [-0.2, 0) is 4.79 Å². The standard InChI is InChI=1S/C12H22N2OS/c1-4-5-10-13-12(6-7-12)11(15)14(10)9(2)8-16-3/h9-10,13H,4-8H2,1-3H3. The summed E-state index contributed by atoms with van der Waals surface area (Å²) in [7, 11) is 0. The van der Waals surface area contributed by atoms with Crippen LogP contribution in [0.2, 0.25) is 0 Å². The zero-order valence-electron chi connectivity index (χ0n) is 10.5. The Balaban J connectivity index is 2.09. The second-order valence-corrected chi connectivity index (χ2v) is 5.96. The lowest BCUT2D eigenvalue weighted by Crippen LogP contribution is -2.44. The average Bonchev–Trinajstić information content (AvgIpc) is 2.94. The van der Waals surface area contributed by atoms with Crippen LogP contribution in [0.3, 0.4) is 0 Å². The molecule has 2 rings (SSSR count). The van der Waals surface area contributed by atoms with Gasteiger partial charge >= 0.3 is 0 Å². The van der Waals surface area contributed by atoms with Crippen molar-refractivity contribution in [3.63, 3.8) is 0 Å². The maximum atomic E-state index is 12.3. The number of thioether (sulfide) groups is 1. The lowest BCUT2D eigenvalue weighted by Gasteiger charge is -2.29. The molecule has 4 heteroatoms. The van der Waals surface area contributed by atoms with E-state index >= 15 is 0 Å². The third-order valence-electron chi connectivity index (χ3n) is 3.62. The Bertz CT molecular complexity index is 278. The van der Waals surface area contributed by atoms with E-state index in [1.165, 1.54) is 0 Å². The summed E-state index contributed by atoms with van der Waals surface area (Å²) in [6, 6.07) is 0.353. The van der Waals surface area contributed by atoms with Crippen molar-refractivity contribution >= 4 is 17.7 Å². The van der Waals surface area contributed by atoms with Crippen LogP contribution in [0.1, 0.15) is 39.5 Å². The fourth-order valence-corrected chi connectivity index (χ4v) is 3.28. The van der Waals surface area contributed by atoms with Crippen LogP contribution in [0.15, 0.2) is 0 Å². The minimum atomic E-state index is -0.146. The Labute approximate surface area is 102 Å². The Hall–Kier alpha value is -0.220. The van der Waals surface area contributed by atoms with E-state index in [9.17, 15) is 4.79 Å². The van der Waals surface area contributed by atoms with Crippen molar-refractivity contribution in [1.82, 2.24) is 10.2 Å². The van der Waals surface area contributed by atoms with E-state index in [4.69, 9.17) is 0 Å². The Kier molecular flexibility index (Phi) is 3.50. The minimum absolute atomic E-state index is 0.146. The van der Waals surface area contributed by atoms with Gasteiger partial charge in [-0.3, -0.25) is 10.1 Å². The van der Waals surface area contributed by atoms with Crippen molar-refractivity contribution in [3.05, 3.63) is 0 Å². The van der Waals surface area contributed by atoms with Gasteiger partial charge in [0.2, 0.25) is 5.91 Å². The Morgan fingerprint density at radius 3 is 2.81 bits per heavy atom. The summed E-state index contributed by atoms with van der Waals surface area (Å²) < 4.78 is 0. The number of hydrogen-bond donors (Lipinski definition) is 1. The number of carbonyl (C=O) groups is 1. The van der Waals surface area contributed by atoms with Crippen LogP contribution < -0.4 is 5.32 Å². The molecule has 1 heterocycles. The van der Waals surface area contributed by atoms with Crippen molar-refractivity contribution in [2.45, 2.75) is 57.3 Å². The summed E-state index contributed by atoms with van der Waals surface area (Å²) in [6.07, 6.45) is 6.66. The Morgan fingerprint density at radius 1 is 1.62 bits per heavy atom. The van der Waals surface area contributed by atoms with Crippen molar-refractivity contribution in [2.24, 2.45) is 0 Å². The van der Waals surface area contributed by atoms with Gasteiger partial charge in [0.15, 0.2) is 0 Å². The summed E-state index contributed by atoms with van der Waals surface area (Å²) in [4.78, 5) is 14.4. The molecule has 2 unspecified atom stereocenters. The molecule has 0 aromatic heterocycles. The first-order valence-electron chi connectivity index (χ1n) is 6.24. The van der Waals surface area contributed by atoms with Crippen LogP contribution in [0.25, 0.3) is 0 Å². The maximum absolute atomic E-state index is 12.3. The van der Waals surface area contributed by atoms with Gasteiger partial charge in [0.05, 0.1) is 11.7 Å². The SMILES string of the molecule is CCCC1NC2(CC2)C(=O)N1C(C)CSC. The number of nitrogens with zero attached hydrogens (tertiary/aromatic N) is 1. The molecule has 92 valence electrons. The molecule has 1 saturated carbocycles. The molecular weight excluding hydrogens is 220 g/mol. The molecule has 2 fully saturated rings. The highest BCUT2D eigenvalue weighted by Crippen LogP contribution is 2.43. The van der Waals surface area contributed by atoms with Crippen molar-refractivity contribution in [2.75, 3.05) is 12.0 Å². The molecule has 2 atom stereocenters. The normalized spacial score (nSPS) is 28.8. The van der Waals surface area contributed by atoms with Crippen LogP contribution in [-0.4, -0.2) is 40.6 Å². The molecule has 0 aromatic rings. The molecule has 1 spiro atoms. The average molecular weight is 242 g/mol. The first kappa shape index (κ1) is 12.2. The van der Waals surface area contributed by atoms with Gasteiger partial charge in [-0.25, -0.2) is 0 Å². The van der Waals surface area contributed by atoms with E-state index in [-0.39, 0.29) is 11.7 Å². The molecule has 16 heavy (non-hydrogen) atoms. The van der Waals surface area contributed by atoms with Gasteiger partial charge < -0.3 is 4.90 Å². The number of hydrogen-bond acceptors (Lipinski definition) is 3. The molecular formula is C12H22N2OS. The fraction of sp³-hybridized carbons (Fsp3) is 0.917. The van der Waals surface area contributed by atoms with Crippen LogP contribution in [0, 0.1) is 0 Å². The third kappa shape index (κ3) is 1.97. The summed E-state index contributed by atoms with van der Waals surface area (Å²) >= 11 is 1.82. The van der Waals surface area contributed by atoms with Crippen molar-refractivity contribution in [3.8, 4) is 0 Å². The monoisotopic (exact) mass is 242 g/mol. The highest BCUT2D eigenvalue weighted by atomic mass is 32.2. The third-order valence-corrected chi connectivity index (χ3v) is 4.43. The number of rotatable bonds is 5. The summed E-state index contributed by atoms with van der Waals surface area (Å²) in [6.45, 7) is 4.35. The largest absolute Gasteiger partial charge is 0.322 e. The van der Waals surface area contributed by atoms with E-state index in [2.05, 4.69) is 30.3 Å². The molecule has 1 aliphatic carbocycles. The lowest BCUT2D eigenvalue weighted by atomic mass is 10.2. The van der Waals surface area contributed by atoms with Crippen LogP contribution in [0.4, 0.5) is 0 Å². The molecule has 3 nitrogen and oxygen atoms in total. The summed E-state index contributed by atoms with van der Waals surface area (Å²) in [5.41, 5.74) is -0.146. The molecule has 2 aliphatic rings. The highest BCUT2D eigenvalue weighted by Gasteiger charge is 2.59. The predicted octanol–water partition coefficient (Wildman–Crippen LogP) is 1.83. The van der Waals surface area contributed by atoms with Gasteiger partial charge in [0.1, 0.15) is 0 Å². The second-order valence-electron chi connectivity index (χ2n) is 5.05. The van der Waals surface area contributed by atoms with E-state index < -0.39 is 0 Å². The molecule has 1 N–H and O–H groups in total. The van der Waals surface area contributed by atoms with Crippen LogP contribution >= 0.6 is 11.8 Å². The minimum Gasteiger partial charge on any atom is -0.322 e. The summed E-state index contributed by atoms with van der Waals surface area (Å²) in [5.74, 6) is 1.39. The van der Waals surface area contributed by atoms with Gasteiger partial charge in [-0.1, -0.05) is 13.3 Å². The number of amides is 1. The highest BCUT2D eigenvalue weighted by molar-refractivity contribution is 7.98. The second kappa shape index (κ2) is 4.57. The number of carbonyl (C=O) groups excluding carboxylic acids is 1. The first-order chi connectivity index (χ1) is 7.64. The lowest BCUT2D eigenvalue weighted by molar-refractivity contribution is -0.132. The fourth-order valence-electron chi connectivity index (χ4n) is 2.64. The van der Waals surface area contributed by atoms with E-state index in [1.54, 1.807) is 0 Å². The molecule has 1 aliphatic heterocycles. The van der Waals surface area contributed by atoms with E-state index in [0.29, 0.717) is 11.9 Å². The van der Waals surface area contributed by atoms with E-state index in [0.717, 1.165) is 31.4 Å². The molecule has 0 radical (unpaired) electrons. The molecule has 1 amide bonds. The smallest absolute Gasteiger partial charge is 0.244 e. The van der Waals surface area contributed by atoms with Crippen LogP contribution in [0.5, 0.6) is 0 Å². The molecule has 1 saturated heterocycles. The van der Waals surface area contributed by atoms with Gasteiger partial charge in [0.25, 0.3) is 0 Å². The van der Waals surface area contributed by atoms with Gasteiger partial charge in [0, 0.05) is 11.8 Å². The molecule has 0 bridgehead atoms. The van der Waals surface area contributed by atoms with Gasteiger partial charge in [-0.15, -0.1) is 0 Å². The zero-order valence-corrected chi connectivity index (χ0v) is 11.3. The quantitative estimate of drug-likeness (QED) is 0.798. The predicted molar refractivity (Wildman–Crippen MR) is 68.5 cm³/mol. The first-order valence-corrected chi connectivity index (χ1v) is 7.63. The van der Waals surface area contributed by atoms with Crippen molar-refractivity contribution < 1.29 is 4.79 Å². The Morgan fingerprint density at radius 2 is 2.31 bits per heavy atom. The van der Waals surface area contributed by atoms with Gasteiger partial charge in [-0.05, 0) is 32.4 Å². The van der Waals surface area contributed by atoms with Crippen molar-refractivity contribution in [1.29, 1.82) is 0 Å². The summed E-state index contributed by atoms with van der Waals surface area (Å²) in [5, 5.41) is 3.55. The van der Waals surface area contributed by atoms with Gasteiger partial charge in [-0.2, -0.15) is 11.8 Å². The zero-order chi connectivity index (χ0) is 11.8. The maximum Gasteiger partial charge on any atom is 0.244 e. The van der Waals surface area contributed by atoms with E-state index in [1.807, 2.05) is 11.8 Å². The molecule has 0 aromatic carbocycles. The number of nitrogens with one attached hydrogen (secondary N) is 1.